The minimum atomic E-state index is 0.0822. The van der Waals surface area contributed by atoms with Crippen molar-refractivity contribution < 1.29 is 4.74 Å². The average molecular weight is 288 g/mol. The second-order valence-corrected chi connectivity index (χ2v) is 6.09. The molecular weight excluding hydrogens is 264 g/mol. The molecule has 0 aliphatic rings. The second-order valence-electron chi connectivity index (χ2n) is 6.09. The summed E-state index contributed by atoms with van der Waals surface area (Å²) in [4.78, 5) is 0. The quantitative estimate of drug-likeness (QED) is 0.887. The van der Waals surface area contributed by atoms with E-state index in [0.29, 0.717) is 6.61 Å². The highest BCUT2D eigenvalue weighted by molar-refractivity contribution is 5.27. The first-order valence-corrected chi connectivity index (χ1v) is 7.32. The standard InChI is InChI=1S/C16H24N4O/c1-5-21-15-8-6-13(7-9-15)11-20-12-14(18-19-20)10-17-16(2,3)4/h6-9,12,17H,5,10-11H2,1-4H3. The van der Waals surface area contributed by atoms with Gasteiger partial charge in [-0.3, -0.25) is 0 Å². The first-order chi connectivity index (χ1) is 9.96. The number of nitrogens with one attached hydrogen (secondary N) is 1. The number of hydrogen-bond donors (Lipinski definition) is 1. The summed E-state index contributed by atoms with van der Waals surface area (Å²) < 4.78 is 7.29. The maximum absolute atomic E-state index is 5.44. The Labute approximate surface area is 126 Å². The summed E-state index contributed by atoms with van der Waals surface area (Å²) in [5.74, 6) is 0.898. The molecule has 1 aromatic carbocycles. The van der Waals surface area contributed by atoms with Gasteiger partial charge >= 0.3 is 0 Å². The fraction of sp³-hybridized carbons (Fsp3) is 0.500. The van der Waals surface area contributed by atoms with Crippen LogP contribution < -0.4 is 10.1 Å². The molecule has 5 nitrogen and oxygen atoms in total. The van der Waals surface area contributed by atoms with E-state index in [2.05, 4.69) is 48.5 Å². The van der Waals surface area contributed by atoms with Crippen molar-refractivity contribution in [3.63, 3.8) is 0 Å². The highest BCUT2D eigenvalue weighted by Gasteiger charge is 2.10. The van der Waals surface area contributed by atoms with Gasteiger partial charge in [0.15, 0.2) is 0 Å². The van der Waals surface area contributed by atoms with E-state index in [-0.39, 0.29) is 5.54 Å². The van der Waals surface area contributed by atoms with Gasteiger partial charge in [-0.05, 0) is 45.4 Å². The molecule has 0 unspecified atom stereocenters. The first kappa shape index (κ1) is 15.5. The third-order valence-corrected chi connectivity index (χ3v) is 2.96. The molecule has 1 N–H and O–H groups in total. The van der Waals surface area contributed by atoms with E-state index < -0.39 is 0 Å². The zero-order valence-corrected chi connectivity index (χ0v) is 13.3. The zero-order chi connectivity index (χ0) is 15.3. The number of hydrogen-bond acceptors (Lipinski definition) is 4. The molecule has 0 amide bonds. The van der Waals surface area contributed by atoms with Crippen LogP contribution in [0, 0.1) is 0 Å². The maximum Gasteiger partial charge on any atom is 0.119 e. The molecule has 114 valence electrons. The van der Waals surface area contributed by atoms with Crippen molar-refractivity contribution in [2.75, 3.05) is 6.61 Å². The van der Waals surface area contributed by atoms with Gasteiger partial charge in [-0.15, -0.1) is 5.10 Å². The Bertz CT molecular complexity index is 554. The predicted molar refractivity (Wildman–Crippen MR) is 83.3 cm³/mol. The van der Waals surface area contributed by atoms with E-state index in [1.54, 1.807) is 0 Å². The Balaban J connectivity index is 1.92. The van der Waals surface area contributed by atoms with Gasteiger partial charge in [0.1, 0.15) is 5.75 Å². The van der Waals surface area contributed by atoms with E-state index >= 15 is 0 Å². The van der Waals surface area contributed by atoms with Crippen LogP contribution >= 0.6 is 0 Å². The van der Waals surface area contributed by atoms with Gasteiger partial charge in [-0.2, -0.15) is 0 Å². The van der Waals surface area contributed by atoms with Crippen LogP contribution in [0.25, 0.3) is 0 Å². The van der Waals surface area contributed by atoms with Gasteiger partial charge in [0.25, 0.3) is 0 Å². The molecule has 0 fully saturated rings. The Kier molecular flexibility index (Phi) is 4.96. The van der Waals surface area contributed by atoms with Gasteiger partial charge in [0, 0.05) is 12.1 Å². The highest BCUT2D eigenvalue weighted by Crippen LogP contribution is 2.13. The van der Waals surface area contributed by atoms with Crippen LogP contribution in [0.3, 0.4) is 0 Å². The third-order valence-electron chi connectivity index (χ3n) is 2.96. The molecule has 0 bridgehead atoms. The summed E-state index contributed by atoms with van der Waals surface area (Å²) in [5.41, 5.74) is 2.22. The lowest BCUT2D eigenvalue weighted by atomic mass is 10.1. The molecule has 0 aliphatic carbocycles. The minimum absolute atomic E-state index is 0.0822. The maximum atomic E-state index is 5.44. The molecule has 2 aromatic rings. The van der Waals surface area contributed by atoms with Gasteiger partial charge in [0.2, 0.25) is 0 Å². The minimum Gasteiger partial charge on any atom is -0.494 e. The number of nitrogens with zero attached hydrogens (tertiary/aromatic N) is 3. The molecule has 0 atom stereocenters. The smallest absolute Gasteiger partial charge is 0.119 e. The molecule has 5 heteroatoms. The van der Waals surface area contributed by atoms with Gasteiger partial charge in [-0.1, -0.05) is 17.3 Å². The topological polar surface area (TPSA) is 52.0 Å². The molecule has 0 spiro atoms. The number of aromatic nitrogens is 3. The summed E-state index contributed by atoms with van der Waals surface area (Å²) in [5, 5.41) is 11.8. The molecule has 21 heavy (non-hydrogen) atoms. The Morgan fingerprint density at radius 1 is 1.19 bits per heavy atom. The van der Waals surface area contributed by atoms with Crippen molar-refractivity contribution >= 4 is 0 Å². The molecule has 1 aromatic heterocycles. The third kappa shape index (κ3) is 5.19. The lowest BCUT2D eigenvalue weighted by molar-refractivity contribution is 0.340. The number of benzene rings is 1. The van der Waals surface area contributed by atoms with Crippen molar-refractivity contribution in [2.45, 2.75) is 46.3 Å². The molecule has 1 heterocycles. The van der Waals surface area contributed by atoms with Gasteiger partial charge < -0.3 is 10.1 Å². The monoisotopic (exact) mass is 288 g/mol. The van der Waals surface area contributed by atoms with E-state index in [4.69, 9.17) is 4.74 Å². The molecule has 0 aliphatic heterocycles. The van der Waals surface area contributed by atoms with Crippen molar-refractivity contribution in [2.24, 2.45) is 0 Å². The fourth-order valence-corrected chi connectivity index (χ4v) is 1.90. The summed E-state index contributed by atoms with van der Waals surface area (Å²) in [6, 6.07) is 8.08. The summed E-state index contributed by atoms with van der Waals surface area (Å²) >= 11 is 0. The normalized spacial score (nSPS) is 11.6. The molecule has 0 saturated heterocycles. The molecular formula is C16H24N4O. The molecule has 0 radical (unpaired) electrons. The largest absolute Gasteiger partial charge is 0.494 e. The molecule has 0 saturated carbocycles. The summed E-state index contributed by atoms with van der Waals surface area (Å²) in [7, 11) is 0. The van der Waals surface area contributed by atoms with E-state index in [0.717, 1.165) is 24.5 Å². The van der Waals surface area contributed by atoms with Crippen LogP contribution in [-0.2, 0) is 13.1 Å². The summed E-state index contributed by atoms with van der Waals surface area (Å²) in [6.07, 6.45) is 1.98. The van der Waals surface area contributed by atoms with Crippen LogP contribution in [0.4, 0.5) is 0 Å². The van der Waals surface area contributed by atoms with E-state index in [1.165, 1.54) is 5.56 Å². The predicted octanol–water partition coefficient (Wildman–Crippen LogP) is 2.61. The Morgan fingerprint density at radius 3 is 2.52 bits per heavy atom. The van der Waals surface area contributed by atoms with Gasteiger partial charge in [-0.25, -0.2) is 4.68 Å². The van der Waals surface area contributed by atoms with Crippen molar-refractivity contribution in [3.05, 3.63) is 41.7 Å². The molecule has 2 rings (SSSR count). The second kappa shape index (κ2) is 6.72. The van der Waals surface area contributed by atoms with E-state index in [1.807, 2.05) is 29.9 Å². The Hall–Kier alpha value is -1.88. The first-order valence-electron chi connectivity index (χ1n) is 7.32. The fourth-order valence-electron chi connectivity index (χ4n) is 1.90. The van der Waals surface area contributed by atoms with Crippen LogP contribution in [0.1, 0.15) is 39.0 Å². The average Bonchev–Trinajstić information content (AvgIpc) is 2.86. The van der Waals surface area contributed by atoms with Crippen molar-refractivity contribution in [1.82, 2.24) is 20.3 Å². The zero-order valence-electron chi connectivity index (χ0n) is 13.3. The lowest BCUT2D eigenvalue weighted by Crippen LogP contribution is -2.35. The van der Waals surface area contributed by atoms with Crippen LogP contribution in [0.2, 0.25) is 0 Å². The van der Waals surface area contributed by atoms with Crippen molar-refractivity contribution in [3.8, 4) is 5.75 Å². The van der Waals surface area contributed by atoms with Crippen molar-refractivity contribution in [1.29, 1.82) is 0 Å². The number of ether oxygens (including phenoxy) is 1. The SMILES string of the molecule is CCOc1ccc(Cn2cc(CNC(C)(C)C)nn2)cc1. The number of rotatable bonds is 6. The van der Waals surface area contributed by atoms with Gasteiger partial charge in [0.05, 0.1) is 25.0 Å². The van der Waals surface area contributed by atoms with Crippen LogP contribution in [0.15, 0.2) is 30.5 Å². The highest BCUT2D eigenvalue weighted by atomic mass is 16.5. The Morgan fingerprint density at radius 2 is 1.90 bits per heavy atom. The lowest BCUT2D eigenvalue weighted by Gasteiger charge is -2.19. The van der Waals surface area contributed by atoms with E-state index in [9.17, 15) is 0 Å². The van der Waals surface area contributed by atoms with Crippen LogP contribution in [-0.4, -0.2) is 27.1 Å². The summed E-state index contributed by atoms with van der Waals surface area (Å²) in [6.45, 7) is 10.5. The van der Waals surface area contributed by atoms with Crippen LogP contribution in [0.5, 0.6) is 5.75 Å².